The molecular weight excluding hydrogens is 346 g/mol. The van der Waals surface area contributed by atoms with E-state index >= 15 is 0 Å². The Labute approximate surface area is 148 Å². The van der Waals surface area contributed by atoms with Crippen molar-refractivity contribution >= 4 is 35.1 Å². The molecule has 0 spiro atoms. The molecule has 1 aromatic heterocycles. The molecule has 0 bridgehead atoms. The van der Waals surface area contributed by atoms with Crippen molar-refractivity contribution in [3.8, 4) is 0 Å². The van der Waals surface area contributed by atoms with E-state index in [1.807, 2.05) is 28.9 Å². The minimum Gasteiger partial charge on any atom is -0.310 e. The van der Waals surface area contributed by atoms with E-state index in [2.05, 4.69) is 10.4 Å². The van der Waals surface area contributed by atoms with Gasteiger partial charge in [-0.3, -0.25) is 19.4 Å². The molecule has 1 fully saturated rings. The molecule has 1 atom stereocenters. The number of halogens is 1. The molecule has 7 heteroatoms. The molecule has 0 saturated heterocycles. The highest BCUT2D eigenvalue weighted by Crippen LogP contribution is 2.42. The number of aromatic nitrogens is 2. The number of nitrogens with zero attached hydrogens (tertiary/aromatic N) is 1. The van der Waals surface area contributed by atoms with Gasteiger partial charge in [0.2, 0.25) is 5.91 Å². The van der Waals surface area contributed by atoms with Gasteiger partial charge >= 0.3 is 0 Å². The lowest BCUT2D eigenvalue weighted by Crippen LogP contribution is -2.18. The van der Waals surface area contributed by atoms with Crippen LogP contribution in [0, 0.1) is 0 Å². The number of hydrogen-bond donors (Lipinski definition) is 2. The zero-order valence-electron chi connectivity index (χ0n) is 13.0. The second-order valence-corrected chi connectivity index (χ2v) is 7.83. The van der Waals surface area contributed by atoms with Crippen molar-refractivity contribution in [2.45, 2.75) is 37.0 Å². The van der Waals surface area contributed by atoms with Crippen LogP contribution in [0.15, 0.2) is 29.1 Å². The number of amides is 1. The maximum absolute atomic E-state index is 12.7. The van der Waals surface area contributed by atoms with E-state index in [4.69, 9.17) is 11.6 Å². The summed E-state index contributed by atoms with van der Waals surface area (Å²) >= 11 is 7.46. The van der Waals surface area contributed by atoms with Gasteiger partial charge in [0.1, 0.15) is 5.82 Å². The van der Waals surface area contributed by atoms with Crippen LogP contribution in [-0.4, -0.2) is 21.4 Å². The average molecular weight is 364 g/mol. The van der Waals surface area contributed by atoms with E-state index in [9.17, 15) is 9.59 Å². The maximum atomic E-state index is 12.7. The number of anilines is 1. The van der Waals surface area contributed by atoms with Gasteiger partial charge in [0, 0.05) is 5.02 Å². The Hall–Kier alpha value is -1.66. The molecule has 24 heavy (non-hydrogen) atoms. The highest BCUT2D eigenvalue weighted by atomic mass is 35.5. The Balaban J connectivity index is 1.83. The molecule has 2 aliphatic rings. The summed E-state index contributed by atoms with van der Waals surface area (Å²) in [5.41, 5.74) is 1.50. The van der Waals surface area contributed by atoms with Crippen molar-refractivity contribution in [1.29, 1.82) is 0 Å². The molecule has 2 heterocycles. The van der Waals surface area contributed by atoms with Crippen LogP contribution in [0.25, 0.3) is 0 Å². The molecular formula is C17H18ClN3O2S. The Morgan fingerprint density at radius 3 is 2.54 bits per heavy atom. The van der Waals surface area contributed by atoms with Crippen LogP contribution in [0.1, 0.15) is 48.1 Å². The summed E-state index contributed by atoms with van der Waals surface area (Å²) in [5, 5.41) is 6.39. The van der Waals surface area contributed by atoms with Gasteiger partial charge in [-0.2, -0.15) is 0 Å². The van der Waals surface area contributed by atoms with Crippen LogP contribution in [0.3, 0.4) is 0 Å². The van der Waals surface area contributed by atoms with Gasteiger partial charge in [0.05, 0.1) is 22.6 Å². The number of rotatable bonds is 2. The van der Waals surface area contributed by atoms with Gasteiger partial charge < -0.3 is 5.32 Å². The lowest BCUT2D eigenvalue weighted by Gasteiger charge is -2.16. The normalized spacial score (nSPS) is 21.4. The summed E-state index contributed by atoms with van der Waals surface area (Å²) in [4.78, 5) is 24.9. The summed E-state index contributed by atoms with van der Waals surface area (Å²) in [6.45, 7) is 0. The van der Waals surface area contributed by atoms with Crippen LogP contribution in [0.4, 0.5) is 5.82 Å². The first kappa shape index (κ1) is 15.8. The van der Waals surface area contributed by atoms with Crippen molar-refractivity contribution in [2.75, 3.05) is 11.1 Å². The first-order valence-electron chi connectivity index (χ1n) is 8.15. The third kappa shape index (κ3) is 2.78. The largest absolute Gasteiger partial charge is 0.310 e. The maximum Gasteiger partial charge on any atom is 0.270 e. The highest BCUT2D eigenvalue weighted by molar-refractivity contribution is 8.00. The summed E-state index contributed by atoms with van der Waals surface area (Å²) in [6.07, 6.45) is 4.38. The standard InChI is InChI=1S/C17H18ClN3O2S/c18-11-7-5-10(6-8-11)15-14-16(19-13(22)9-24-15)21(20-17(14)23)12-3-1-2-4-12/h5-8,12,15H,1-4,9H2,(H,19,22)(H,20,23). The van der Waals surface area contributed by atoms with Crippen molar-refractivity contribution < 1.29 is 4.79 Å². The quantitative estimate of drug-likeness (QED) is 0.854. The number of benzene rings is 1. The van der Waals surface area contributed by atoms with E-state index in [-0.39, 0.29) is 22.8 Å². The summed E-state index contributed by atoms with van der Waals surface area (Å²) < 4.78 is 1.89. The van der Waals surface area contributed by atoms with Crippen molar-refractivity contribution in [2.24, 2.45) is 0 Å². The lowest BCUT2D eigenvalue weighted by molar-refractivity contribution is -0.113. The molecule has 1 saturated carbocycles. The SMILES string of the molecule is O=C1CSC(c2ccc(Cl)cc2)c2c(n(C3CCCC3)[nH]c2=O)N1. The van der Waals surface area contributed by atoms with Gasteiger partial charge in [0.15, 0.2) is 0 Å². The van der Waals surface area contributed by atoms with Crippen molar-refractivity contribution in [3.05, 3.63) is 50.8 Å². The molecule has 2 aromatic rings. The van der Waals surface area contributed by atoms with Gasteiger partial charge in [-0.15, -0.1) is 11.8 Å². The Bertz CT molecular complexity index is 821. The molecule has 4 rings (SSSR count). The molecule has 126 valence electrons. The summed E-state index contributed by atoms with van der Waals surface area (Å²) in [7, 11) is 0. The van der Waals surface area contributed by atoms with E-state index < -0.39 is 0 Å². The van der Waals surface area contributed by atoms with Crippen LogP contribution in [0.2, 0.25) is 5.02 Å². The zero-order chi connectivity index (χ0) is 16.7. The lowest BCUT2D eigenvalue weighted by atomic mass is 10.1. The molecule has 1 aliphatic heterocycles. The average Bonchev–Trinajstić information content (AvgIpc) is 3.15. The van der Waals surface area contributed by atoms with E-state index in [0.29, 0.717) is 22.2 Å². The highest BCUT2D eigenvalue weighted by Gasteiger charge is 2.32. The number of thioether (sulfide) groups is 1. The van der Waals surface area contributed by atoms with Crippen molar-refractivity contribution in [3.63, 3.8) is 0 Å². The number of carbonyl (C=O) groups excluding carboxylic acids is 1. The monoisotopic (exact) mass is 363 g/mol. The van der Waals surface area contributed by atoms with Crippen LogP contribution < -0.4 is 10.9 Å². The predicted octanol–water partition coefficient (Wildman–Crippen LogP) is 3.72. The van der Waals surface area contributed by atoms with E-state index in [1.54, 1.807) is 0 Å². The fourth-order valence-corrected chi connectivity index (χ4v) is 4.83. The topological polar surface area (TPSA) is 66.9 Å². The number of aromatic amines is 1. The molecule has 2 N–H and O–H groups in total. The molecule has 1 unspecified atom stereocenters. The number of fused-ring (bicyclic) bond motifs is 1. The van der Waals surface area contributed by atoms with Crippen LogP contribution in [-0.2, 0) is 4.79 Å². The third-order valence-electron chi connectivity index (χ3n) is 4.73. The number of hydrogen-bond acceptors (Lipinski definition) is 3. The summed E-state index contributed by atoms with van der Waals surface area (Å²) in [5.74, 6) is 0.900. The fourth-order valence-electron chi connectivity index (χ4n) is 3.58. The molecule has 0 radical (unpaired) electrons. The third-order valence-corrected chi connectivity index (χ3v) is 6.25. The van der Waals surface area contributed by atoms with Crippen molar-refractivity contribution in [1.82, 2.24) is 9.78 Å². The van der Waals surface area contributed by atoms with Gasteiger partial charge in [0.25, 0.3) is 5.56 Å². The van der Waals surface area contributed by atoms with E-state index in [1.165, 1.54) is 11.8 Å². The van der Waals surface area contributed by atoms with Crippen LogP contribution >= 0.6 is 23.4 Å². The minimum atomic E-state index is -0.178. The minimum absolute atomic E-state index is 0.0662. The van der Waals surface area contributed by atoms with Gasteiger partial charge in [-0.1, -0.05) is 36.6 Å². The molecule has 1 amide bonds. The zero-order valence-corrected chi connectivity index (χ0v) is 14.6. The Kier molecular flexibility index (Phi) is 4.18. The molecule has 1 aliphatic carbocycles. The van der Waals surface area contributed by atoms with E-state index in [0.717, 1.165) is 31.2 Å². The second kappa shape index (κ2) is 6.33. The van der Waals surface area contributed by atoms with Gasteiger partial charge in [-0.05, 0) is 30.5 Å². The van der Waals surface area contributed by atoms with Crippen LogP contribution in [0.5, 0.6) is 0 Å². The molecule has 5 nitrogen and oxygen atoms in total. The Morgan fingerprint density at radius 1 is 1.12 bits per heavy atom. The Morgan fingerprint density at radius 2 is 1.83 bits per heavy atom. The smallest absolute Gasteiger partial charge is 0.270 e. The first-order valence-corrected chi connectivity index (χ1v) is 9.57. The fraction of sp³-hybridized carbons (Fsp3) is 0.412. The predicted molar refractivity (Wildman–Crippen MR) is 96.9 cm³/mol. The number of nitrogens with one attached hydrogen (secondary N) is 2. The summed E-state index contributed by atoms with van der Waals surface area (Å²) in [6, 6.07) is 7.74. The second-order valence-electron chi connectivity index (χ2n) is 6.30. The number of carbonyl (C=O) groups is 1. The molecule has 1 aromatic carbocycles. The number of H-pyrrole nitrogens is 1. The van der Waals surface area contributed by atoms with Gasteiger partial charge in [-0.25, -0.2) is 0 Å². The first-order chi connectivity index (χ1) is 11.6.